The van der Waals surface area contributed by atoms with E-state index in [1.807, 2.05) is 74.5 Å². The molecule has 5 nitrogen and oxygen atoms in total. The number of ether oxygens (including phenoxy) is 2. The first-order valence-electron chi connectivity index (χ1n) is 9.83. The largest absolute Gasteiger partial charge is 0.386 e. The number of hydrogen-bond donors (Lipinski definition) is 3. The predicted molar refractivity (Wildman–Crippen MR) is 106 cm³/mol. The minimum absolute atomic E-state index is 0.246. The SMILES string of the molecule is CC1(C)[C@@]2(O)C(OCc3ccccc3)OC[C@H](C(N)Cc3ccccc3)[C@]12O. The number of fused-ring (bicyclic) bond motifs is 1. The molecule has 0 aromatic heterocycles. The molecule has 1 aliphatic heterocycles. The van der Waals surface area contributed by atoms with Crippen LogP contribution in [0.2, 0.25) is 0 Å². The molecule has 2 aliphatic rings. The molecule has 2 aromatic carbocycles. The van der Waals surface area contributed by atoms with Crippen LogP contribution in [0.4, 0.5) is 0 Å². The first kappa shape index (κ1) is 19.6. The number of rotatable bonds is 6. The molecule has 4 rings (SSSR count). The Morgan fingerprint density at radius 2 is 1.57 bits per heavy atom. The molecule has 0 radical (unpaired) electrons. The first-order chi connectivity index (χ1) is 13.3. The third-order valence-corrected chi connectivity index (χ3v) is 6.80. The summed E-state index contributed by atoms with van der Waals surface area (Å²) in [6, 6.07) is 19.3. The zero-order valence-corrected chi connectivity index (χ0v) is 16.4. The third kappa shape index (κ3) is 2.73. The van der Waals surface area contributed by atoms with Gasteiger partial charge in [-0.3, -0.25) is 0 Å². The van der Waals surface area contributed by atoms with E-state index in [0.29, 0.717) is 13.0 Å². The fourth-order valence-corrected chi connectivity index (χ4v) is 4.93. The van der Waals surface area contributed by atoms with E-state index in [-0.39, 0.29) is 18.6 Å². The van der Waals surface area contributed by atoms with Gasteiger partial charge in [-0.25, -0.2) is 0 Å². The molecule has 0 amide bonds. The monoisotopic (exact) mass is 383 g/mol. The van der Waals surface area contributed by atoms with E-state index in [4.69, 9.17) is 15.2 Å². The number of nitrogens with two attached hydrogens (primary N) is 1. The van der Waals surface area contributed by atoms with Crippen molar-refractivity contribution in [1.82, 2.24) is 0 Å². The van der Waals surface area contributed by atoms with Crippen molar-refractivity contribution in [2.75, 3.05) is 6.61 Å². The summed E-state index contributed by atoms with van der Waals surface area (Å²) in [6.45, 7) is 4.25. The Labute approximate surface area is 166 Å². The molecular formula is C23H29NO4. The molecule has 28 heavy (non-hydrogen) atoms. The minimum atomic E-state index is -1.49. The smallest absolute Gasteiger partial charge is 0.190 e. The van der Waals surface area contributed by atoms with Gasteiger partial charge in [-0.05, 0) is 17.5 Å². The van der Waals surface area contributed by atoms with E-state index in [2.05, 4.69) is 0 Å². The molecule has 5 atom stereocenters. The molecule has 1 saturated carbocycles. The van der Waals surface area contributed by atoms with E-state index >= 15 is 0 Å². The molecule has 4 N–H and O–H groups in total. The van der Waals surface area contributed by atoms with Crippen molar-refractivity contribution < 1.29 is 19.7 Å². The van der Waals surface area contributed by atoms with Gasteiger partial charge < -0.3 is 25.4 Å². The summed E-state index contributed by atoms with van der Waals surface area (Å²) in [7, 11) is 0. The van der Waals surface area contributed by atoms with Gasteiger partial charge in [0.1, 0.15) is 5.60 Å². The van der Waals surface area contributed by atoms with Crippen molar-refractivity contribution in [2.45, 2.75) is 50.4 Å². The van der Waals surface area contributed by atoms with E-state index in [0.717, 1.165) is 11.1 Å². The standard InChI is InChI=1S/C23H29NO4/c1-21(2)22(25)18(19(24)13-16-9-5-3-6-10-16)15-28-20(23(21,22)26)27-14-17-11-7-4-8-12-17/h3-12,18-20,25-26H,13-15,24H2,1-2H3/t18-,19?,20?,22+,23+/m1/s1. The molecule has 1 aliphatic carbocycles. The highest BCUT2D eigenvalue weighted by Gasteiger charge is 2.90. The van der Waals surface area contributed by atoms with Gasteiger partial charge in [-0.2, -0.15) is 0 Å². The highest BCUT2D eigenvalue weighted by atomic mass is 16.7. The summed E-state index contributed by atoms with van der Waals surface area (Å²) in [4.78, 5) is 0. The molecule has 1 saturated heterocycles. The van der Waals surface area contributed by atoms with Crippen molar-refractivity contribution in [3.8, 4) is 0 Å². The zero-order chi connectivity index (χ0) is 20.0. The van der Waals surface area contributed by atoms with Crippen LogP contribution in [0.1, 0.15) is 25.0 Å². The third-order valence-electron chi connectivity index (χ3n) is 6.80. The molecule has 150 valence electrons. The molecule has 0 spiro atoms. The van der Waals surface area contributed by atoms with Gasteiger partial charge in [0.2, 0.25) is 0 Å². The van der Waals surface area contributed by atoms with Crippen molar-refractivity contribution in [3.63, 3.8) is 0 Å². The lowest BCUT2D eigenvalue weighted by molar-refractivity contribution is -0.268. The van der Waals surface area contributed by atoms with Gasteiger partial charge in [-0.1, -0.05) is 74.5 Å². The van der Waals surface area contributed by atoms with Crippen LogP contribution >= 0.6 is 0 Å². The summed E-state index contributed by atoms with van der Waals surface area (Å²) in [5.74, 6) is -0.385. The molecule has 2 unspecified atom stereocenters. The van der Waals surface area contributed by atoms with Crippen molar-refractivity contribution in [2.24, 2.45) is 17.1 Å². The zero-order valence-electron chi connectivity index (χ0n) is 16.4. The lowest BCUT2D eigenvalue weighted by Crippen LogP contribution is -2.56. The number of hydrogen-bond acceptors (Lipinski definition) is 5. The van der Waals surface area contributed by atoms with Crippen molar-refractivity contribution >= 4 is 0 Å². The Balaban J connectivity index is 1.50. The molecule has 2 aromatic rings. The maximum atomic E-state index is 11.5. The van der Waals surface area contributed by atoms with Gasteiger partial charge >= 0.3 is 0 Å². The van der Waals surface area contributed by atoms with Crippen molar-refractivity contribution in [3.05, 3.63) is 71.8 Å². The highest BCUT2D eigenvalue weighted by molar-refractivity contribution is 5.37. The Bertz CT molecular complexity index is 812. The average Bonchev–Trinajstić information content (AvgIpc) is 3.07. The molecule has 1 heterocycles. The lowest BCUT2D eigenvalue weighted by atomic mass is 9.83. The maximum absolute atomic E-state index is 11.5. The van der Waals surface area contributed by atoms with Crippen LogP contribution in [0.3, 0.4) is 0 Å². The van der Waals surface area contributed by atoms with Gasteiger partial charge in [-0.15, -0.1) is 0 Å². The fourth-order valence-electron chi connectivity index (χ4n) is 4.93. The quantitative estimate of drug-likeness (QED) is 0.712. The van der Waals surface area contributed by atoms with Gasteiger partial charge in [0, 0.05) is 17.4 Å². The fraction of sp³-hybridized carbons (Fsp3) is 0.478. The van der Waals surface area contributed by atoms with Crippen LogP contribution in [0.15, 0.2) is 60.7 Å². The summed E-state index contributed by atoms with van der Waals surface area (Å²) >= 11 is 0. The summed E-state index contributed by atoms with van der Waals surface area (Å²) < 4.78 is 11.8. The first-order valence-corrected chi connectivity index (χ1v) is 9.83. The van der Waals surface area contributed by atoms with Gasteiger partial charge in [0.15, 0.2) is 11.9 Å². The van der Waals surface area contributed by atoms with Crippen LogP contribution in [0, 0.1) is 11.3 Å². The maximum Gasteiger partial charge on any atom is 0.190 e. The summed E-state index contributed by atoms with van der Waals surface area (Å²) in [5, 5.41) is 22.9. The molecule has 0 bridgehead atoms. The topological polar surface area (TPSA) is 84.9 Å². The summed E-state index contributed by atoms with van der Waals surface area (Å²) in [5.41, 5.74) is 4.94. The average molecular weight is 383 g/mol. The van der Waals surface area contributed by atoms with Crippen LogP contribution in [0.5, 0.6) is 0 Å². The molecule has 5 heteroatoms. The second-order valence-corrected chi connectivity index (χ2v) is 8.58. The Hall–Kier alpha value is -1.76. The number of aliphatic hydroxyl groups is 2. The van der Waals surface area contributed by atoms with Crippen LogP contribution in [-0.4, -0.2) is 40.4 Å². The molecule has 2 fully saturated rings. The van der Waals surface area contributed by atoms with E-state index in [1.54, 1.807) is 0 Å². The summed E-state index contributed by atoms with van der Waals surface area (Å²) in [6.07, 6.45) is -0.285. The van der Waals surface area contributed by atoms with Crippen LogP contribution < -0.4 is 5.73 Å². The minimum Gasteiger partial charge on any atom is -0.386 e. The molecular weight excluding hydrogens is 354 g/mol. The van der Waals surface area contributed by atoms with Crippen LogP contribution in [-0.2, 0) is 22.5 Å². The van der Waals surface area contributed by atoms with Crippen molar-refractivity contribution in [1.29, 1.82) is 0 Å². The second-order valence-electron chi connectivity index (χ2n) is 8.58. The van der Waals surface area contributed by atoms with E-state index < -0.39 is 22.9 Å². The normalized spacial score (nSPS) is 34.5. The van der Waals surface area contributed by atoms with Gasteiger partial charge in [0.25, 0.3) is 0 Å². The lowest BCUT2D eigenvalue weighted by Gasteiger charge is -2.39. The Morgan fingerprint density at radius 3 is 2.18 bits per heavy atom. The highest BCUT2D eigenvalue weighted by Crippen LogP contribution is 2.72. The Morgan fingerprint density at radius 1 is 1.00 bits per heavy atom. The van der Waals surface area contributed by atoms with Gasteiger partial charge in [0.05, 0.1) is 13.2 Å². The van der Waals surface area contributed by atoms with E-state index in [9.17, 15) is 10.2 Å². The van der Waals surface area contributed by atoms with E-state index in [1.165, 1.54) is 0 Å². The Kier molecular flexibility index (Phi) is 4.84. The second kappa shape index (κ2) is 6.94. The van der Waals surface area contributed by atoms with Crippen LogP contribution in [0.25, 0.3) is 0 Å². The number of benzene rings is 2. The predicted octanol–water partition coefficient (Wildman–Crippen LogP) is 2.25.